The fraction of sp³-hybridized carbons (Fsp3) is 0.923. The Morgan fingerprint density at radius 2 is 1.60 bits per heavy atom. The van der Waals surface area contributed by atoms with Gasteiger partial charge >= 0.3 is 0 Å². The minimum Gasteiger partial charge on any atom is -0.351 e. The standard InChI is InChI=1S/C11H23NO.C2H6/c1-8(2)9(3)7-11(5,6)12-10(4)13;1-2/h8-9H,7H2,1-6H3,(H,12,13);1-2H3. The Kier molecular flexibility index (Phi) is 8.69. The number of amides is 1. The van der Waals surface area contributed by atoms with Crippen LogP contribution in [0.3, 0.4) is 0 Å². The Morgan fingerprint density at radius 3 is 1.87 bits per heavy atom. The van der Waals surface area contributed by atoms with Crippen LogP contribution in [0, 0.1) is 11.8 Å². The van der Waals surface area contributed by atoms with Crippen molar-refractivity contribution < 1.29 is 4.79 Å². The average Bonchev–Trinajstić information content (AvgIpc) is 2.04. The molecule has 2 heteroatoms. The van der Waals surface area contributed by atoms with E-state index in [1.807, 2.05) is 13.8 Å². The van der Waals surface area contributed by atoms with Crippen molar-refractivity contribution in [1.82, 2.24) is 5.32 Å². The van der Waals surface area contributed by atoms with Crippen LogP contribution in [0.25, 0.3) is 0 Å². The first-order valence-corrected chi connectivity index (χ1v) is 6.03. The average molecular weight is 215 g/mol. The van der Waals surface area contributed by atoms with Crippen LogP contribution in [-0.2, 0) is 4.79 Å². The molecule has 1 N–H and O–H groups in total. The molecule has 2 nitrogen and oxygen atoms in total. The van der Waals surface area contributed by atoms with Crippen LogP contribution in [0.4, 0.5) is 0 Å². The summed E-state index contributed by atoms with van der Waals surface area (Å²) in [6.07, 6.45) is 1.03. The van der Waals surface area contributed by atoms with Gasteiger partial charge in [-0.1, -0.05) is 34.6 Å². The molecule has 92 valence electrons. The molecule has 0 aliphatic carbocycles. The fourth-order valence-corrected chi connectivity index (χ4v) is 1.57. The fourth-order valence-electron chi connectivity index (χ4n) is 1.57. The van der Waals surface area contributed by atoms with Crippen LogP contribution in [0.1, 0.15) is 61.8 Å². The summed E-state index contributed by atoms with van der Waals surface area (Å²) in [5.74, 6) is 1.37. The topological polar surface area (TPSA) is 29.1 Å². The smallest absolute Gasteiger partial charge is 0.217 e. The molecule has 0 fully saturated rings. The van der Waals surface area contributed by atoms with E-state index in [0.29, 0.717) is 11.8 Å². The monoisotopic (exact) mass is 215 g/mol. The molecule has 0 radical (unpaired) electrons. The lowest BCUT2D eigenvalue weighted by Gasteiger charge is -2.30. The van der Waals surface area contributed by atoms with Gasteiger partial charge in [0.1, 0.15) is 0 Å². The minimum absolute atomic E-state index is 0.0564. The summed E-state index contributed by atoms with van der Waals surface area (Å²) in [4.78, 5) is 10.9. The van der Waals surface area contributed by atoms with Gasteiger partial charge in [-0.3, -0.25) is 4.79 Å². The molecule has 0 heterocycles. The molecule has 0 rings (SSSR count). The molecule has 0 bridgehead atoms. The van der Waals surface area contributed by atoms with Gasteiger partial charge in [0.2, 0.25) is 5.91 Å². The molecule has 0 spiro atoms. The Bertz CT molecular complexity index is 173. The van der Waals surface area contributed by atoms with Gasteiger partial charge in [-0.15, -0.1) is 0 Å². The van der Waals surface area contributed by atoms with Gasteiger partial charge in [0, 0.05) is 12.5 Å². The zero-order chi connectivity index (χ0) is 12.6. The van der Waals surface area contributed by atoms with Crippen LogP contribution < -0.4 is 5.32 Å². The van der Waals surface area contributed by atoms with Gasteiger partial charge in [0.15, 0.2) is 0 Å². The van der Waals surface area contributed by atoms with E-state index in [9.17, 15) is 4.79 Å². The van der Waals surface area contributed by atoms with Crippen LogP contribution in [0.5, 0.6) is 0 Å². The Labute approximate surface area is 95.8 Å². The van der Waals surface area contributed by atoms with E-state index < -0.39 is 0 Å². The number of carbonyl (C=O) groups is 1. The maximum absolute atomic E-state index is 10.9. The van der Waals surface area contributed by atoms with E-state index in [4.69, 9.17) is 0 Å². The zero-order valence-electron chi connectivity index (χ0n) is 11.8. The molecule has 1 amide bonds. The number of hydrogen-bond acceptors (Lipinski definition) is 1. The number of rotatable bonds is 4. The molecule has 0 aliphatic rings. The molecular weight excluding hydrogens is 186 g/mol. The quantitative estimate of drug-likeness (QED) is 0.762. The lowest BCUT2D eigenvalue weighted by atomic mass is 9.85. The summed E-state index contributed by atoms with van der Waals surface area (Å²) in [5, 5.41) is 2.97. The van der Waals surface area contributed by atoms with Crippen molar-refractivity contribution in [2.75, 3.05) is 0 Å². The molecule has 0 aromatic carbocycles. The van der Waals surface area contributed by atoms with E-state index in [2.05, 4.69) is 39.9 Å². The highest BCUT2D eigenvalue weighted by atomic mass is 16.1. The first kappa shape index (κ1) is 16.9. The molecule has 0 aromatic rings. The van der Waals surface area contributed by atoms with Gasteiger partial charge in [-0.25, -0.2) is 0 Å². The minimum atomic E-state index is -0.0739. The van der Waals surface area contributed by atoms with Gasteiger partial charge in [-0.2, -0.15) is 0 Å². The van der Waals surface area contributed by atoms with E-state index in [0.717, 1.165) is 6.42 Å². The van der Waals surface area contributed by atoms with Crippen molar-refractivity contribution in [3.63, 3.8) is 0 Å². The maximum Gasteiger partial charge on any atom is 0.217 e. The number of nitrogens with one attached hydrogen (secondary N) is 1. The van der Waals surface area contributed by atoms with Gasteiger partial charge in [0.05, 0.1) is 0 Å². The third kappa shape index (κ3) is 9.77. The summed E-state index contributed by atoms with van der Waals surface area (Å²) in [7, 11) is 0. The predicted molar refractivity (Wildman–Crippen MR) is 67.9 cm³/mol. The molecule has 1 unspecified atom stereocenters. The second-order valence-electron chi connectivity index (χ2n) is 4.99. The van der Waals surface area contributed by atoms with Gasteiger partial charge in [-0.05, 0) is 32.1 Å². The number of hydrogen-bond donors (Lipinski definition) is 1. The van der Waals surface area contributed by atoms with Gasteiger partial charge in [0.25, 0.3) is 0 Å². The van der Waals surface area contributed by atoms with Crippen molar-refractivity contribution in [2.24, 2.45) is 11.8 Å². The summed E-state index contributed by atoms with van der Waals surface area (Å²) in [5.41, 5.74) is -0.0739. The van der Waals surface area contributed by atoms with Crippen molar-refractivity contribution in [3.05, 3.63) is 0 Å². The van der Waals surface area contributed by atoms with Crippen LogP contribution in [0.15, 0.2) is 0 Å². The molecule has 0 aliphatic heterocycles. The van der Waals surface area contributed by atoms with E-state index in [1.54, 1.807) is 6.92 Å². The van der Waals surface area contributed by atoms with E-state index in [-0.39, 0.29) is 11.4 Å². The Balaban J connectivity index is 0. The lowest BCUT2D eigenvalue weighted by Crippen LogP contribution is -2.43. The van der Waals surface area contributed by atoms with Crippen LogP contribution in [-0.4, -0.2) is 11.4 Å². The van der Waals surface area contributed by atoms with Crippen molar-refractivity contribution in [3.8, 4) is 0 Å². The number of carbonyl (C=O) groups excluding carboxylic acids is 1. The highest BCUT2D eigenvalue weighted by Crippen LogP contribution is 2.22. The van der Waals surface area contributed by atoms with Crippen LogP contribution >= 0.6 is 0 Å². The zero-order valence-corrected chi connectivity index (χ0v) is 11.8. The van der Waals surface area contributed by atoms with E-state index in [1.165, 1.54) is 0 Å². The van der Waals surface area contributed by atoms with Crippen molar-refractivity contribution in [2.45, 2.75) is 67.3 Å². The molecule has 1 atom stereocenters. The summed E-state index contributed by atoms with van der Waals surface area (Å²) < 4.78 is 0. The van der Waals surface area contributed by atoms with E-state index >= 15 is 0 Å². The maximum atomic E-state index is 10.9. The molecule has 0 saturated carbocycles. The third-order valence-corrected chi connectivity index (χ3v) is 2.48. The first-order chi connectivity index (χ1) is 6.74. The van der Waals surface area contributed by atoms with Gasteiger partial charge < -0.3 is 5.32 Å². The Morgan fingerprint density at radius 1 is 1.20 bits per heavy atom. The molecule has 15 heavy (non-hydrogen) atoms. The molecule has 0 saturated heterocycles. The highest BCUT2D eigenvalue weighted by Gasteiger charge is 2.22. The van der Waals surface area contributed by atoms with Crippen LogP contribution in [0.2, 0.25) is 0 Å². The normalized spacial score (nSPS) is 12.9. The molecular formula is C13H29NO. The third-order valence-electron chi connectivity index (χ3n) is 2.48. The Hall–Kier alpha value is -0.530. The SMILES string of the molecule is CC.CC(=O)NC(C)(C)CC(C)C(C)C. The van der Waals surface area contributed by atoms with Crippen molar-refractivity contribution in [1.29, 1.82) is 0 Å². The molecule has 0 aromatic heterocycles. The predicted octanol–water partition coefficient (Wildman–Crippen LogP) is 3.61. The second-order valence-corrected chi connectivity index (χ2v) is 4.99. The second kappa shape index (κ2) is 7.72. The summed E-state index contributed by atoms with van der Waals surface area (Å²) in [6.45, 7) is 16.4. The van der Waals surface area contributed by atoms with Crippen molar-refractivity contribution >= 4 is 5.91 Å². The summed E-state index contributed by atoms with van der Waals surface area (Å²) >= 11 is 0. The lowest BCUT2D eigenvalue weighted by molar-refractivity contribution is -0.120. The first-order valence-electron chi connectivity index (χ1n) is 6.03. The largest absolute Gasteiger partial charge is 0.351 e. The summed E-state index contributed by atoms with van der Waals surface area (Å²) in [6, 6.07) is 0. The highest BCUT2D eigenvalue weighted by molar-refractivity contribution is 5.73.